The van der Waals surface area contributed by atoms with E-state index in [1.165, 1.54) is 6.07 Å². The Morgan fingerprint density at radius 3 is 2.51 bits per heavy atom. The van der Waals surface area contributed by atoms with Gasteiger partial charge < -0.3 is 19.3 Å². The molecule has 208 valence electrons. The van der Waals surface area contributed by atoms with Crippen LogP contribution in [0.1, 0.15) is 76.5 Å². The van der Waals surface area contributed by atoms with Gasteiger partial charge in [0.05, 0.1) is 12.5 Å². The first-order chi connectivity index (χ1) is 18.5. The molecule has 0 amide bonds. The van der Waals surface area contributed by atoms with Crippen LogP contribution < -0.4 is 9.47 Å². The van der Waals surface area contributed by atoms with Crippen LogP contribution in [-0.2, 0) is 21.6 Å². The number of benzene rings is 3. The summed E-state index contributed by atoms with van der Waals surface area (Å²) in [5.41, 5.74) is 3.95. The Morgan fingerprint density at radius 2 is 1.82 bits per heavy atom. The molecule has 0 radical (unpaired) electrons. The minimum Gasteiger partial charge on any atom is -0.489 e. The molecule has 5 nitrogen and oxygen atoms in total. The number of hydrogen-bond acceptors (Lipinski definition) is 4. The largest absolute Gasteiger partial charge is 0.489 e. The second-order valence-electron chi connectivity index (χ2n) is 11.5. The molecular formula is C33H39FO5. The highest BCUT2D eigenvalue weighted by molar-refractivity contribution is 5.71. The molecule has 0 spiro atoms. The van der Waals surface area contributed by atoms with Crippen molar-refractivity contribution in [3.63, 3.8) is 0 Å². The van der Waals surface area contributed by atoms with Crippen molar-refractivity contribution in [1.29, 1.82) is 0 Å². The van der Waals surface area contributed by atoms with Gasteiger partial charge in [0.15, 0.2) is 6.29 Å². The highest BCUT2D eigenvalue weighted by atomic mass is 19.1. The van der Waals surface area contributed by atoms with Crippen molar-refractivity contribution in [3.8, 4) is 22.6 Å². The van der Waals surface area contributed by atoms with Gasteiger partial charge in [-0.05, 0) is 76.8 Å². The summed E-state index contributed by atoms with van der Waals surface area (Å²) in [7, 11) is 0. The van der Waals surface area contributed by atoms with Crippen LogP contribution in [0.2, 0.25) is 0 Å². The number of carbonyl (C=O) groups is 1. The summed E-state index contributed by atoms with van der Waals surface area (Å²) in [6, 6.07) is 18.4. The van der Waals surface area contributed by atoms with Crippen LogP contribution in [0.3, 0.4) is 0 Å². The first-order valence-electron chi connectivity index (χ1n) is 13.7. The number of aliphatic carboxylic acids is 1. The molecule has 1 heterocycles. The van der Waals surface area contributed by atoms with E-state index in [1.54, 1.807) is 19.1 Å². The molecule has 1 aliphatic heterocycles. The van der Waals surface area contributed by atoms with E-state index in [0.717, 1.165) is 41.5 Å². The summed E-state index contributed by atoms with van der Waals surface area (Å²) in [6.45, 7) is 11.0. The fourth-order valence-electron chi connectivity index (χ4n) is 4.83. The normalized spacial score (nSPS) is 17.3. The SMILES string of the molecule is CC(C(=O)O)[C@H](C)c1cccc(OCc2ccc(-c3cc(OC4CCCCO4)ccc3F)c(C(C)(C)C)c2)c1. The average molecular weight is 535 g/mol. The first kappa shape index (κ1) is 28.6. The lowest BCUT2D eigenvalue weighted by Crippen LogP contribution is -2.25. The molecule has 1 N–H and O–H groups in total. The van der Waals surface area contributed by atoms with Gasteiger partial charge in [0.2, 0.25) is 0 Å². The fourth-order valence-corrected chi connectivity index (χ4v) is 4.83. The number of rotatable bonds is 9. The van der Waals surface area contributed by atoms with Crippen molar-refractivity contribution in [2.45, 2.75) is 78.1 Å². The van der Waals surface area contributed by atoms with E-state index in [0.29, 0.717) is 30.3 Å². The highest BCUT2D eigenvalue weighted by Crippen LogP contribution is 2.37. The summed E-state index contributed by atoms with van der Waals surface area (Å²) < 4.78 is 33.0. The number of ether oxygens (including phenoxy) is 3. The monoisotopic (exact) mass is 534 g/mol. The van der Waals surface area contributed by atoms with E-state index >= 15 is 4.39 Å². The van der Waals surface area contributed by atoms with Gasteiger partial charge in [0.1, 0.15) is 23.9 Å². The lowest BCUT2D eigenvalue weighted by Gasteiger charge is -2.26. The average Bonchev–Trinajstić information content (AvgIpc) is 2.92. The zero-order valence-electron chi connectivity index (χ0n) is 23.5. The lowest BCUT2D eigenvalue weighted by molar-refractivity contribution is -0.141. The molecule has 0 bridgehead atoms. The quantitative estimate of drug-likeness (QED) is 0.300. The Labute approximate surface area is 230 Å². The third kappa shape index (κ3) is 7.18. The molecule has 3 aromatic rings. The molecular weight excluding hydrogens is 495 g/mol. The highest BCUT2D eigenvalue weighted by Gasteiger charge is 2.23. The molecule has 0 aromatic heterocycles. The first-order valence-corrected chi connectivity index (χ1v) is 13.7. The predicted molar refractivity (Wildman–Crippen MR) is 151 cm³/mol. The molecule has 1 fully saturated rings. The van der Waals surface area contributed by atoms with Crippen molar-refractivity contribution in [3.05, 3.63) is 83.2 Å². The van der Waals surface area contributed by atoms with E-state index in [4.69, 9.17) is 14.2 Å². The van der Waals surface area contributed by atoms with Crippen LogP contribution in [0.5, 0.6) is 11.5 Å². The zero-order chi connectivity index (χ0) is 28.2. The number of halogens is 1. The molecule has 39 heavy (non-hydrogen) atoms. The summed E-state index contributed by atoms with van der Waals surface area (Å²) in [6.07, 6.45) is 2.62. The van der Waals surface area contributed by atoms with Crippen LogP contribution in [0.4, 0.5) is 4.39 Å². The van der Waals surface area contributed by atoms with Gasteiger partial charge in [-0.2, -0.15) is 0 Å². The number of carboxylic acids is 1. The van der Waals surface area contributed by atoms with Gasteiger partial charge in [-0.3, -0.25) is 4.79 Å². The van der Waals surface area contributed by atoms with Gasteiger partial charge in [0, 0.05) is 12.0 Å². The fraction of sp³-hybridized carbons (Fsp3) is 0.424. The Bertz CT molecular complexity index is 1290. The van der Waals surface area contributed by atoms with Gasteiger partial charge in [-0.1, -0.05) is 65.0 Å². The molecule has 3 aromatic carbocycles. The third-order valence-electron chi connectivity index (χ3n) is 7.45. The van der Waals surface area contributed by atoms with E-state index in [1.807, 2.05) is 43.3 Å². The van der Waals surface area contributed by atoms with Crippen LogP contribution in [-0.4, -0.2) is 24.0 Å². The minimum absolute atomic E-state index is 0.142. The van der Waals surface area contributed by atoms with E-state index in [2.05, 4.69) is 26.8 Å². The Balaban J connectivity index is 1.56. The maximum atomic E-state index is 15.1. The second kappa shape index (κ2) is 12.2. The summed E-state index contributed by atoms with van der Waals surface area (Å²) in [4.78, 5) is 11.4. The van der Waals surface area contributed by atoms with Gasteiger partial charge in [-0.25, -0.2) is 4.39 Å². The van der Waals surface area contributed by atoms with Crippen LogP contribution in [0, 0.1) is 11.7 Å². The van der Waals surface area contributed by atoms with E-state index in [9.17, 15) is 9.90 Å². The maximum absolute atomic E-state index is 15.1. The number of carboxylic acid groups (broad SMARTS) is 1. The standard InChI is InChI=1S/C33H39FO5/c1-21(22(2)32(35)36)24-9-8-10-25(18-24)38-20-23-12-14-27(29(17-23)33(3,4)5)28-19-26(13-15-30(28)34)39-31-11-6-7-16-37-31/h8-10,12-15,17-19,21-22,31H,6-7,11,16,20H2,1-5H3,(H,35,36)/t21-,22?,31?/m0/s1. The molecule has 0 saturated carbocycles. The molecule has 4 rings (SSSR count). The summed E-state index contributed by atoms with van der Waals surface area (Å²) >= 11 is 0. The summed E-state index contributed by atoms with van der Waals surface area (Å²) in [5.74, 6) is -0.489. The topological polar surface area (TPSA) is 65.0 Å². The Kier molecular flexibility index (Phi) is 8.96. The van der Waals surface area contributed by atoms with Crippen molar-refractivity contribution < 1.29 is 28.5 Å². The zero-order valence-corrected chi connectivity index (χ0v) is 23.5. The van der Waals surface area contributed by atoms with Crippen molar-refractivity contribution >= 4 is 5.97 Å². The van der Waals surface area contributed by atoms with E-state index in [-0.39, 0.29) is 23.4 Å². The van der Waals surface area contributed by atoms with Gasteiger partial charge in [-0.15, -0.1) is 0 Å². The lowest BCUT2D eigenvalue weighted by atomic mass is 9.81. The third-order valence-corrected chi connectivity index (χ3v) is 7.45. The smallest absolute Gasteiger partial charge is 0.306 e. The molecule has 3 atom stereocenters. The van der Waals surface area contributed by atoms with Crippen molar-refractivity contribution in [1.82, 2.24) is 0 Å². The molecule has 0 aliphatic carbocycles. The van der Waals surface area contributed by atoms with Crippen molar-refractivity contribution in [2.75, 3.05) is 6.61 Å². The van der Waals surface area contributed by atoms with Gasteiger partial charge in [0.25, 0.3) is 0 Å². The number of hydrogen-bond donors (Lipinski definition) is 1. The van der Waals surface area contributed by atoms with Crippen LogP contribution in [0.15, 0.2) is 60.7 Å². The second-order valence-corrected chi connectivity index (χ2v) is 11.5. The minimum atomic E-state index is -0.820. The molecule has 1 aliphatic rings. The Morgan fingerprint density at radius 1 is 1.03 bits per heavy atom. The van der Waals surface area contributed by atoms with Crippen LogP contribution >= 0.6 is 0 Å². The molecule has 2 unspecified atom stereocenters. The molecule has 1 saturated heterocycles. The molecule has 6 heteroatoms. The van der Waals surface area contributed by atoms with Crippen molar-refractivity contribution in [2.24, 2.45) is 5.92 Å². The summed E-state index contributed by atoms with van der Waals surface area (Å²) in [5, 5.41) is 9.37. The van der Waals surface area contributed by atoms with Gasteiger partial charge >= 0.3 is 5.97 Å². The maximum Gasteiger partial charge on any atom is 0.306 e. The Hall–Kier alpha value is -3.38. The van der Waals surface area contributed by atoms with E-state index < -0.39 is 11.9 Å². The predicted octanol–water partition coefficient (Wildman–Crippen LogP) is 8.10. The van der Waals surface area contributed by atoms with Crippen LogP contribution in [0.25, 0.3) is 11.1 Å².